The lowest BCUT2D eigenvalue weighted by Crippen LogP contribution is -2.54. The number of hydrogen-bond acceptors (Lipinski definition) is 5. The summed E-state index contributed by atoms with van der Waals surface area (Å²) in [5, 5.41) is 22.4. The van der Waals surface area contributed by atoms with Crippen LogP contribution < -0.4 is 4.74 Å². The van der Waals surface area contributed by atoms with Gasteiger partial charge < -0.3 is 19.8 Å². The summed E-state index contributed by atoms with van der Waals surface area (Å²) in [7, 11) is 0. The summed E-state index contributed by atoms with van der Waals surface area (Å²) in [6, 6.07) is 5.89. The molecular weight excluding hydrogens is 368 g/mol. The van der Waals surface area contributed by atoms with Gasteiger partial charge in [0, 0.05) is 33.1 Å². The standard InChI is InChI=1S/C23H36N2O4/c1-18-7-8-21(13-19(18)2)29-17-23(28)15-24(11-12-25(16-23)20(3)26)14-22(27)9-5-4-6-10-22/h7-8,13,27-28H,4-6,9-12,14-17H2,1-3H3. The van der Waals surface area contributed by atoms with Crippen molar-refractivity contribution in [3.63, 3.8) is 0 Å². The van der Waals surface area contributed by atoms with Crippen LogP contribution in [0.25, 0.3) is 0 Å². The van der Waals surface area contributed by atoms with Crippen molar-refractivity contribution in [2.75, 3.05) is 39.3 Å². The number of aryl methyl sites for hydroxylation is 2. The predicted octanol–water partition coefficient (Wildman–Crippen LogP) is 2.27. The predicted molar refractivity (Wildman–Crippen MR) is 113 cm³/mol. The van der Waals surface area contributed by atoms with Crippen LogP contribution in [0, 0.1) is 13.8 Å². The summed E-state index contributed by atoms with van der Waals surface area (Å²) >= 11 is 0. The Kier molecular flexibility index (Phi) is 6.87. The largest absolute Gasteiger partial charge is 0.490 e. The van der Waals surface area contributed by atoms with E-state index in [1.54, 1.807) is 4.90 Å². The quantitative estimate of drug-likeness (QED) is 0.788. The highest BCUT2D eigenvalue weighted by atomic mass is 16.5. The van der Waals surface area contributed by atoms with E-state index < -0.39 is 11.2 Å². The summed E-state index contributed by atoms with van der Waals surface area (Å²) in [6.07, 6.45) is 4.87. The first-order valence-electron chi connectivity index (χ1n) is 10.8. The topological polar surface area (TPSA) is 73.2 Å². The molecule has 1 amide bonds. The molecule has 1 aromatic rings. The van der Waals surface area contributed by atoms with Crippen LogP contribution in [-0.4, -0.2) is 76.5 Å². The van der Waals surface area contributed by atoms with Crippen molar-refractivity contribution >= 4 is 5.91 Å². The molecule has 0 bridgehead atoms. The molecule has 1 heterocycles. The summed E-state index contributed by atoms with van der Waals surface area (Å²) in [5.74, 6) is 0.672. The number of aliphatic hydroxyl groups is 2. The molecule has 1 saturated heterocycles. The lowest BCUT2D eigenvalue weighted by molar-refractivity contribution is -0.132. The van der Waals surface area contributed by atoms with E-state index in [-0.39, 0.29) is 19.1 Å². The minimum atomic E-state index is -1.19. The van der Waals surface area contributed by atoms with Crippen LogP contribution in [0.15, 0.2) is 18.2 Å². The van der Waals surface area contributed by atoms with Gasteiger partial charge >= 0.3 is 0 Å². The van der Waals surface area contributed by atoms with Crippen molar-refractivity contribution in [2.24, 2.45) is 0 Å². The van der Waals surface area contributed by atoms with E-state index in [0.29, 0.717) is 26.2 Å². The van der Waals surface area contributed by atoms with Gasteiger partial charge in [-0.15, -0.1) is 0 Å². The number of hydrogen-bond donors (Lipinski definition) is 2. The van der Waals surface area contributed by atoms with Gasteiger partial charge in [0.05, 0.1) is 12.1 Å². The Morgan fingerprint density at radius 3 is 2.41 bits per heavy atom. The smallest absolute Gasteiger partial charge is 0.219 e. The normalized spacial score (nSPS) is 25.5. The number of carbonyl (C=O) groups excluding carboxylic acids is 1. The molecule has 2 aliphatic rings. The van der Waals surface area contributed by atoms with Gasteiger partial charge in [-0.2, -0.15) is 0 Å². The van der Waals surface area contributed by atoms with Gasteiger partial charge in [0.25, 0.3) is 0 Å². The van der Waals surface area contributed by atoms with Gasteiger partial charge in [0.1, 0.15) is 18.0 Å². The van der Waals surface area contributed by atoms with Crippen molar-refractivity contribution in [3.8, 4) is 5.75 Å². The second kappa shape index (κ2) is 9.02. The Bertz CT molecular complexity index is 717. The summed E-state index contributed by atoms with van der Waals surface area (Å²) in [5.41, 5.74) is 0.452. The number of carbonyl (C=O) groups is 1. The summed E-state index contributed by atoms with van der Waals surface area (Å²) < 4.78 is 5.95. The Hall–Kier alpha value is -1.63. The average Bonchev–Trinajstić information content (AvgIpc) is 2.82. The van der Waals surface area contributed by atoms with Crippen molar-refractivity contribution in [2.45, 2.75) is 64.1 Å². The van der Waals surface area contributed by atoms with Gasteiger partial charge in [-0.05, 0) is 49.9 Å². The molecule has 6 nitrogen and oxygen atoms in total. The fourth-order valence-electron chi connectivity index (χ4n) is 4.54. The zero-order chi connectivity index (χ0) is 21.1. The fraction of sp³-hybridized carbons (Fsp3) is 0.696. The maximum absolute atomic E-state index is 12.1. The lowest BCUT2D eigenvalue weighted by Gasteiger charge is -2.38. The maximum Gasteiger partial charge on any atom is 0.219 e. The molecule has 1 aliphatic heterocycles. The Morgan fingerprint density at radius 2 is 1.76 bits per heavy atom. The number of rotatable bonds is 5. The van der Waals surface area contributed by atoms with Crippen LogP contribution in [0.3, 0.4) is 0 Å². The molecule has 162 valence electrons. The van der Waals surface area contributed by atoms with Crippen molar-refractivity contribution in [3.05, 3.63) is 29.3 Å². The zero-order valence-electron chi connectivity index (χ0n) is 18.1. The third kappa shape index (κ3) is 5.93. The number of amides is 1. The molecule has 0 radical (unpaired) electrons. The molecular formula is C23H36N2O4. The minimum absolute atomic E-state index is 0.0483. The van der Waals surface area contributed by atoms with Gasteiger partial charge in [0.2, 0.25) is 5.91 Å². The second-order valence-corrected chi connectivity index (χ2v) is 9.20. The van der Waals surface area contributed by atoms with Crippen molar-refractivity contribution in [1.82, 2.24) is 9.80 Å². The third-order valence-electron chi connectivity index (χ3n) is 6.42. The van der Waals surface area contributed by atoms with E-state index in [0.717, 1.165) is 37.0 Å². The molecule has 1 aromatic carbocycles. The molecule has 1 atom stereocenters. The van der Waals surface area contributed by atoms with Crippen molar-refractivity contribution in [1.29, 1.82) is 0 Å². The molecule has 0 aromatic heterocycles. The zero-order valence-corrected chi connectivity index (χ0v) is 18.1. The van der Waals surface area contributed by atoms with Crippen LogP contribution in [-0.2, 0) is 4.79 Å². The molecule has 1 saturated carbocycles. The van der Waals surface area contributed by atoms with E-state index in [2.05, 4.69) is 11.8 Å². The molecule has 1 aliphatic carbocycles. The highest BCUT2D eigenvalue weighted by Gasteiger charge is 2.40. The maximum atomic E-state index is 12.1. The fourth-order valence-corrected chi connectivity index (χ4v) is 4.54. The molecule has 2 N–H and O–H groups in total. The van der Waals surface area contributed by atoms with Crippen LogP contribution in [0.5, 0.6) is 5.75 Å². The molecule has 2 fully saturated rings. The minimum Gasteiger partial charge on any atom is -0.490 e. The molecule has 3 rings (SSSR count). The van der Waals surface area contributed by atoms with E-state index in [1.807, 2.05) is 25.1 Å². The van der Waals surface area contributed by atoms with E-state index in [1.165, 1.54) is 18.9 Å². The van der Waals surface area contributed by atoms with Crippen LogP contribution in [0.4, 0.5) is 0 Å². The van der Waals surface area contributed by atoms with Gasteiger partial charge in [-0.25, -0.2) is 0 Å². The monoisotopic (exact) mass is 404 g/mol. The second-order valence-electron chi connectivity index (χ2n) is 9.20. The first-order chi connectivity index (χ1) is 13.7. The van der Waals surface area contributed by atoms with E-state index in [4.69, 9.17) is 4.74 Å². The number of ether oxygens (including phenoxy) is 1. The molecule has 6 heteroatoms. The number of benzene rings is 1. The van der Waals surface area contributed by atoms with Crippen LogP contribution in [0.1, 0.15) is 50.2 Å². The Labute approximate surface area is 174 Å². The lowest BCUT2D eigenvalue weighted by atomic mass is 9.84. The first-order valence-corrected chi connectivity index (χ1v) is 10.8. The number of nitrogens with zero attached hydrogens (tertiary/aromatic N) is 2. The highest BCUT2D eigenvalue weighted by Crippen LogP contribution is 2.30. The highest BCUT2D eigenvalue weighted by molar-refractivity contribution is 5.73. The first kappa shape index (κ1) is 22.1. The molecule has 29 heavy (non-hydrogen) atoms. The van der Waals surface area contributed by atoms with Gasteiger partial charge in [0.15, 0.2) is 0 Å². The van der Waals surface area contributed by atoms with Crippen molar-refractivity contribution < 1.29 is 19.7 Å². The van der Waals surface area contributed by atoms with Crippen LogP contribution in [0.2, 0.25) is 0 Å². The summed E-state index contributed by atoms with van der Waals surface area (Å²) in [4.78, 5) is 15.9. The molecule has 1 unspecified atom stereocenters. The van der Waals surface area contributed by atoms with E-state index in [9.17, 15) is 15.0 Å². The van der Waals surface area contributed by atoms with Gasteiger partial charge in [-0.3, -0.25) is 9.69 Å². The van der Waals surface area contributed by atoms with Crippen LogP contribution >= 0.6 is 0 Å². The van der Waals surface area contributed by atoms with E-state index >= 15 is 0 Å². The molecule has 0 spiro atoms. The Balaban J connectivity index is 1.71. The SMILES string of the molecule is CC(=O)N1CCN(CC2(O)CCCCC2)CC(O)(COc2ccc(C)c(C)c2)C1. The Morgan fingerprint density at radius 1 is 1.03 bits per heavy atom. The summed E-state index contributed by atoms with van der Waals surface area (Å²) in [6.45, 7) is 8.08. The number of β-amino-alcohol motifs (C(OH)–C–C–N with tert-alkyl or cyclic N) is 2. The van der Waals surface area contributed by atoms with Gasteiger partial charge in [-0.1, -0.05) is 25.3 Å². The third-order valence-corrected chi connectivity index (χ3v) is 6.42. The average molecular weight is 405 g/mol.